The van der Waals surface area contributed by atoms with E-state index in [1.165, 1.54) is 6.08 Å². The van der Waals surface area contributed by atoms with Crippen molar-refractivity contribution in [2.75, 3.05) is 0 Å². The molecule has 0 saturated heterocycles. The summed E-state index contributed by atoms with van der Waals surface area (Å²) in [4.78, 5) is 0. The van der Waals surface area contributed by atoms with Gasteiger partial charge in [0.05, 0.1) is 0 Å². The smallest absolute Gasteiger partial charge is 0.166 e. The molecule has 1 aliphatic carbocycles. The largest absolute Gasteiger partial charge is 0.413 e. The fourth-order valence-electron chi connectivity index (χ4n) is 2.07. The molecule has 2 rings (SSSR count). The molecule has 0 spiro atoms. The molecule has 0 N–H and O–H groups in total. The van der Waals surface area contributed by atoms with Crippen LogP contribution in [0.2, 0.25) is 0 Å². The molecule has 0 aliphatic heterocycles. The average Bonchev–Trinajstić information content (AvgIpc) is 2.61. The van der Waals surface area contributed by atoms with Gasteiger partial charge in [0.2, 0.25) is 0 Å². The van der Waals surface area contributed by atoms with Crippen LogP contribution in [0, 0.1) is 5.92 Å². The second-order valence-corrected chi connectivity index (χ2v) is 4.25. The maximum Gasteiger partial charge on any atom is 0.413 e. The van der Waals surface area contributed by atoms with Crippen molar-refractivity contribution in [3.05, 3.63) is 59.2 Å². The summed E-state index contributed by atoms with van der Waals surface area (Å²) >= 11 is 0. The van der Waals surface area contributed by atoms with Gasteiger partial charge in [-0.15, -0.1) is 0 Å². The third kappa shape index (κ3) is 2.60. The van der Waals surface area contributed by atoms with Crippen molar-refractivity contribution in [3.8, 4) is 0 Å². The number of halogens is 3. The molecule has 1 aromatic carbocycles. The summed E-state index contributed by atoms with van der Waals surface area (Å²) in [6.07, 6.45) is -0.837. The topological polar surface area (TPSA) is 0 Å². The molecule has 90 valence electrons. The van der Waals surface area contributed by atoms with E-state index in [9.17, 15) is 13.2 Å². The third-order valence-corrected chi connectivity index (χ3v) is 3.08. The number of alkyl halides is 3. The van der Waals surface area contributed by atoms with Crippen LogP contribution in [0.3, 0.4) is 0 Å². The van der Waals surface area contributed by atoms with Crippen LogP contribution < -0.4 is 0 Å². The third-order valence-electron chi connectivity index (χ3n) is 3.08. The van der Waals surface area contributed by atoms with Crippen LogP contribution >= 0.6 is 0 Å². The molecule has 0 fully saturated rings. The van der Waals surface area contributed by atoms with Gasteiger partial charge in [-0.2, -0.15) is 13.2 Å². The summed E-state index contributed by atoms with van der Waals surface area (Å²) in [5, 5.41) is 0. The van der Waals surface area contributed by atoms with Gasteiger partial charge < -0.3 is 0 Å². The molecule has 0 nitrogen and oxygen atoms in total. The molecule has 0 aromatic heterocycles. The maximum absolute atomic E-state index is 12.6. The molecule has 0 heterocycles. The Morgan fingerprint density at radius 3 is 2.24 bits per heavy atom. The molecular formula is C14H13F3. The Balaban J connectivity index is 2.09. The lowest BCUT2D eigenvalue weighted by Gasteiger charge is -2.17. The van der Waals surface area contributed by atoms with Crippen LogP contribution in [-0.2, 0) is 6.42 Å². The maximum atomic E-state index is 12.6. The molecule has 0 radical (unpaired) electrons. The lowest BCUT2D eigenvalue weighted by Crippen LogP contribution is -2.17. The predicted molar refractivity (Wildman–Crippen MR) is 61.5 cm³/mol. The van der Waals surface area contributed by atoms with E-state index in [0.29, 0.717) is 6.42 Å². The Kier molecular flexibility index (Phi) is 3.09. The normalized spacial score (nSPS) is 20.1. The minimum atomic E-state index is -4.21. The van der Waals surface area contributed by atoms with E-state index >= 15 is 0 Å². The average molecular weight is 238 g/mol. The van der Waals surface area contributed by atoms with Crippen molar-refractivity contribution in [2.45, 2.75) is 19.5 Å². The molecule has 3 heteroatoms. The van der Waals surface area contributed by atoms with Gasteiger partial charge >= 0.3 is 6.18 Å². The summed E-state index contributed by atoms with van der Waals surface area (Å²) in [6, 6.07) is 9.55. The highest BCUT2D eigenvalue weighted by molar-refractivity contribution is 5.39. The molecule has 1 aliphatic rings. The Labute approximate surface area is 98.5 Å². The van der Waals surface area contributed by atoms with E-state index < -0.39 is 17.7 Å². The van der Waals surface area contributed by atoms with E-state index in [0.717, 1.165) is 11.1 Å². The molecule has 1 atom stereocenters. The van der Waals surface area contributed by atoms with Crippen molar-refractivity contribution in [1.29, 1.82) is 0 Å². The Morgan fingerprint density at radius 2 is 1.71 bits per heavy atom. The minimum Gasteiger partial charge on any atom is -0.166 e. The summed E-state index contributed by atoms with van der Waals surface area (Å²) in [5.41, 5.74) is 1.43. The zero-order valence-corrected chi connectivity index (χ0v) is 9.46. The number of benzene rings is 1. The number of allylic oxidation sites excluding steroid dienone is 4. The van der Waals surface area contributed by atoms with Crippen LogP contribution in [0.25, 0.3) is 0 Å². The van der Waals surface area contributed by atoms with Gasteiger partial charge in [-0.1, -0.05) is 55.0 Å². The standard InChI is InChI=1S/C14H13F3/c1-10-12(7-8-13(10)14(15,16)17)9-11-5-3-2-4-6-11/h2-8,10H,9H2,1H3. The minimum absolute atomic E-state index is 0.441. The summed E-state index contributed by atoms with van der Waals surface area (Å²) < 4.78 is 37.9. The van der Waals surface area contributed by atoms with Gasteiger partial charge in [0.1, 0.15) is 0 Å². The first-order valence-electron chi connectivity index (χ1n) is 5.50. The van der Waals surface area contributed by atoms with Crippen LogP contribution in [0.1, 0.15) is 12.5 Å². The monoisotopic (exact) mass is 238 g/mol. The number of hydrogen-bond donors (Lipinski definition) is 0. The van der Waals surface area contributed by atoms with Crippen LogP contribution in [0.15, 0.2) is 53.6 Å². The SMILES string of the molecule is CC1C(Cc2ccccc2)=CC=C1C(F)(F)F. The first-order valence-corrected chi connectivity index (χ1v) is 5.50. The fourth-order valence-corrected chi connectivity index (χ4v) is 2.07. The van der Waals surface area contributed by atoms with Crippen molar-refractivity contribution in [3.63, 3.8) is 0 Å². The van der Waals surface area contributed by atoms with E-state index in [-0.39, 0.29) is 0 Å². The summed E-state index contributed by atoms with van der Waals surface area (Å²) in [7, 11) is 0. The highest BCUT2D eigenvalue weighted by atomic mass is 19.4. The first kappa shape index (κ1) is 12.0. The van der Waals surface area contributed by atoms with E-state index in [4.69, 9.17) is 0 Å². The predicted octanol–water partition coefficient (Wildman–Crippen LogP) is 4.29. The van der Waals surface area contributed by atoms with Crippen molar-refractivity contribution < 1.29 is 13.2 Å². The summed E-state index contributed by atoms with van der Waals surface area (Å²) in [6.45, 7) is 1.61. The molecule has 1 unspecified atom stereocenters. The highest BCUT2D eigenvalue weighted by Crippen LogP contribution is 2.39. The van der Waals surface area contributed by atoms with Gasteiger partial charge in [-0.05, 0) is 12.0 Å². The Hall–Kier alpha value is -1.51. The zero-order valence-electron chi connectivity index (χ0n) is 9.46. The quantitative estimate of drug-likeness (QED) is 0.720. The van der Waals surface area contributed by atoms with Gasteiger partial charge in [-0.3, -0.25) is 0 Å². The number of hydrogen-bond acceptors (Lipinski definition) is 0. The molecule has 1 aromatic rings. The second-order valence-electron chi connectivity index (χ2n) is 4.25. The Bertz CT molecular complexity index is 452. The molecular weight excluding hydrogens is 225 g/mol. The van der Waals surface area contributed by atoms with Crippen LogP contribution in [-0.4, -0.2) is 6.18 Å². The van der Waals surface area contributed by atoms with Crippen LogP contribution in [0.4, 0.5) is 13.2 Å². The van der Waals surface area contributed by atoms with Gasteiger partial charge in [0.25, 0.3) is 0 Å². The summed E-state index contributed by atoms with van der Waals surface area (Å²) in [5.74, 6) is -0.532. The van der Waals surface area contributed by atoms with Crippen molar-refractivity contribution >= 4 is 0 Å². The van der Waals surface area contributed by atoms with Gasteiger partial charge in [0.15, 0.2) is 0 Å². The molecule has 0 amide bonds. The molecule has 0 bridgehead atoms. The highest BCUT2D eigenvalue weighted by Gasteiger charge is 2.39. The van der Waals surface area contributed by atoms with E-state index in [1.54, 1.807) is 13.0 Å². The first-order chi connectivity index (χ1) is 7.98. The van der Waals surface area contributed by atoms with Crippen molar-refractivity contribution in [2.24, 2.45) is 5.92 Å². The van der Waals surface area contributed by atoms with Crippen LogP contribution in [0.5, 0.6) is 0 Å². The van der Waals surface area contributed by atoms with E-state index in [1.807, 2.05) is 30.3 Å². The fraction of sp³-hybridized carbons (Fsp3) is 0.286. The van der Waals surface area contributed by atoms with E-state index in [2.05, 4.69) is 0 Å². The zero-order chi connectivity index (χ0) is 12.5. The molecule has 0 saturated carbocycles. The Morgan fingerprint density at radius 1 is 1.06 bits per heavy atom. The second kappa shape index (κ2) is 4.40. The van der Waals surface area contributed by atoms with Gasteiger partial charge in [0, 0.05) is 11.5 Å². The van der Waals surface area contributed by atoms with Gasteiger partial charge in [-0.25, -0.2) is 0 Å². The van der Waals surface area contributed by atoms with Crippen molar-refractivity contribution in [1.82, 2.24) is 0 Å². The lowest BCUT2D eigenvalue weighted by molar-refractivity contribution is -0.0964. The molecule has 17 heavy (non-hydrogen) atoms. The lowest BCUT2D eigenvalue weighted by atomic mass is 9.93. The number of rotatable bonds is 2.